The molecule has 156 valence electrons. The van der Waals surface area contributed by atoms with Gasteiger partial charge in [-0.05, 0) is 50.5 Å². The Morgan fingerprint density at radius 2 is 1.97 bits per heavy atom. The Morgan fingerprint density at radius 3 is 2.79 bits per heavy atom. The van der Waals surface area contributed by atoms with E-state index in [1.165, 1.54) is 25.3 Å². The molecule has 0 radical (unpaired) electrons. The monoisotopic (exact) mass is 398 g/mol. The van der Waals surface area contributed by atoms with E-state index >= 15 is 0 Å². The molecule has 0 saturated carbocycles. The third kappa shape index (κ3) is 5.82. The van der Waals surface area contributed by atoms with E-state index in [0.29, 0.717) is 37.7 Å². The molecule has 29 heavy (non-hydrogen) atoms. The Kier molecular flexibility index (Phi) is 7.67. The van der Waals surface area contributed by atoms with Gasteiger partial charge in [-0.1, -0.05) is 12.5 Å². The molecule has 1 aliphatic heterocycles. The topological polar surface area (TPSA) is 78.3 Å². The second kappa shape index (κ2) is 10.6. The third-order valence-corrected chi connectivity index (χ3v) is 4.83. The van der Waals surface area contributed by atoms with Crippen molar-refractivity contribution in [2.24, 2.45) is 0 Å². The van der Waals surface area contributed by atoms with Crippen molar-refractivity contribution >= 4 is 12.0 Å². The number of nitrogens with one attached hydrogen (secondary N) is 1. The molecule has 0 aliphatic carbocycles. The van der Waals surface area contributed by atoms with E-state index < -0.39 is 0 Å². The van der Waals surface area contributed by atoms with Crippen LogP contribution >= 0.6 is 0 Å². The first-order valence-corrected chi connectivity index (χ1v) is 10.5. The quantitative estimate of drug-likeness (QED) is 0.657. The lowest BCUT2D eigenvalue weighted by atomic mass is 10.2. The predicted octanol–water partition coefficient (Wildman–Crippen LogP) is 3.17. The van der Waals surface area contributed by atoms with Crippen LogP contribution in [0.15, 0.2) is 24.3 Å². The van der Waals surface area contributed by atoms with Gasteiger partial charge in [0.1, 0.15) is 11.6 Å². The lowest BCUT2D eigenvalue weighted by Crippen LogP contribution is -2.24. The molecule has 0 fully saturated rings. The Hall–Kier alpha value is -2.83. The fraction of sp³-hybridized carbons (Fsp3) is 0.500. The number of hydrogen-bond donors (Lipinski definition) is 1. The van der Waals surface area contributed by atoms with Crippen LogP contribution < -0.4 is 14.8 Å². The Labute approximate surface area is 172 Å². The van der Waals surface area contributed by atoms with Gasteiger partial charge in [0, 0.05) is 32.0 Å². The minimum atomic E-state index is -0.132. The smallest absolute Gasteiger partial charge is 0.244 e. The molecular formula is C22H30N4O3. The van der Waals surface area contributed by atoms with E-state index in [0.717, 1.165) is 30.2 Å². The zero-order chi connectivity index (χ0) is 20.5. The van der Waals surface area contributed by atoms with Crippen LogP contribution in [0.5, 0.6) is 11.5 Å². The molecular weight excluding hydrogens is 368 g/mol. The molecule has 1 amide bonds. The standard InChI is InChI=1S/C22H30N4O3/c1-3-28-18-11-9-17(16-19(18)29-4-2)10-12-22(27)23-14-13-21-25-24-20-8-6-5-7-15-26(20)21/h9-12,16H,3-8,13-15H2,1-2H3,(H,23,27)/b12-10+. The van der Waals surface area contributed by atoms with Crippen molar-refractivity contribution in [3.8, 4) is 11.5 Å². The van der Waals surface area contributed by atoms with Gasteiger partial charge in [-0.25, -0.2) is 0 Å². The maximum absolute atomic E-state index is 12.2. The lowest BCUT2D eigenvalue weighted by Gasteiger charge is -2.11. The maximum atomic E-state index is 12.2. The highest BCUT2D eigenvalue weighted by Gasteiger charge is 2.14. The minimum absolute atomic E-state index is 0.132. The molecule has 0 unspecified atom stereocenters. The number of amides is 1. The summed E-state index contributed by atoms with van der Waals surface area (Å²) >= 11 is 0. The summed E-state index contributed by atoms with van der Waals surface area (Å²) in [6.45, 7) is 6.51. The van der Waals surface area contributed by atoms with Crippen LogP contribution in [-0.4, -0.2) is 40.4 Å². The molecule has 7 nitrogen and oxygen atoms in total. The molecule has 2 heterocycles. The summed E-state index contributed by atoms with van der Waals surface area (Å²) in [6.07, 6.45) is 8.57. The summed E-state index contributed by atoms with van der Waals surface area (Å²) in [5.74, 6) is 3.30. The average Bonchev–Trinajstić information content (AvgIpc) is 2.95. The lowest BCUT2D eigenvalue weighted by molar-refractivity contribution is -0.116. The van der Waals surface area contributed by atoms with Crippen molar-refractivity contribution in [1.82, 2.24) is 20.1 Å². The molecule has 1 aromatic carbocycles. The number of ether oxygens (including phenoxy) is 2. The number of carbonyl (C=O) groups is 1. The summed E-state index contributed by atoms with van der Waals surface area (Å²) in [7, 11) is 0. The molecule has 0 bridgehead atoms. The van der Waals surface area contributed by atoms with E-state index in [9.17, 15) is 4.79 Å². The first-order valence-electron chi connectivity index (χ1n) is 10.5. The highest BCUT2D eigenvalue weighted by molar-refractivity contribution is 5.91. The van der Waals surface area contributed by atoms with Crippen LogP contribution in [0.2, 0.25) is 0 Å². The van der Waals surface area contributed by atoms with E-state index in [1.807, 2.05) is 32.0 Å². The van der Waals surface area contributed by atoms with Gasteiger partial charge in [-0.15, -0.1) is 10.2 Å². The number of rotatable bonds is 9. The van der Waals surface area contributed by atoms with Crippen molar-refractivity contribution in [3.05, 3.63) is 41.5 Å². The first kappa shape index (κ1) is 20.9. The number of fused-ring (bicyclic) bond motifs is 1. The van der Waals surface area contributed by atoms with E-state index in [2.05, 4.69) is 20.1 Å². The largest absolute Gasteiger partial charge is 0.490 e. The number of aryl methyl sites for hydroxylation is 1. The first-order chi connectivity index (χ1) is 14.2. The van der Waals surface area contributed by atoms with Gasteiger partial charge in [-0.3, -0.25) is 4.79 Å². The fourth-order valence-corrected chi connectivity index (χ4v) is 3.43. The fourth-order valence-electron chi connectivity index (χ4n) is 3.43. The molecule has 0 saturated heterocycles. The van der Waals surface area contributed by atoms with Gasteiger partial charge >= 0.3 is 0 Å². The van der Waals surface area contributed by atoms with Crippen molar-refractivity contribution in [2.75, 3.05) is 19.8 Å². The number of nitrogens with zero attached hydrogens (tertiary/aromatic N) is 3. The molecule has 1 aromatic heterocycles. The van der Waals surface area contributed by atoms with Gasteiger partial charge in [0.2, 0.25) is 5.91 Å². The Bertz CT molecular complexity index is 845. The highest BCUT2D eigenvalue weighted by atomic mass is 16.5. The zero-order valence-corrected chi connectivity index (χ0v) is 17.3. The summed E-state index contributed by atoms with van der Waals surface area (Å²) < 4.78 is 13.4. The van der Waals surface area contributed by atoms with Gasteiger partial charge < -0.3 is 19.4 Å². The van der Waals surface area contributed by atoms with Crippen LogP contribution in [0.25, 0.3) is 6.08 Å². The van der Waals surface area contributed by atoms with Crippen LogP contribution in [-0.2, 0) is 24.2 Å². The predicted molar refractivity (Wildman–Crippen MR) is 112 cm³/mol. The van der Waals surface area contributed by atoms with Gasteiger partial charge in [0.05, 0.1) is 13.2 Å². The summed E-state index contributed by atoms with van der Waals surface area (Å²) in [4.78, 5) is 12.2. The Morgan fingerprint density at radius 1 is 1.14 bits per heavy atom. The number of carbonyl (C=O) groups excluding carboxylic acids is 1. The number of benzene rings is 1. The van der Waals surface area contributed by atoms with Crippen LogP contribution in [0, 0.1) is 0 Å². The van der Waals surface area contributed by atoms with Crippen molar-refractivity contribution < 1.29 is 14.3 Å². The molecule has 3 rings (SSSR count). The summed E-state index contributed by atoms with van der Waals surface area (Å²) in [6, 6.07) is 5.65. The molecule has 1 aliphatic rings. The van der Waals surface area contributed by atoms with E-state index in [-0.39, 0.29) is 5.91 Å². The second-order valence-corrected chi connectivity index (χ2v) is 6.94. The van der Waals surface area contributed by atoms with Gasteiger partial charge in [0.25, 0.3) is 0 Å². The summed E-state index contributed by atoms with van der Waals surface area (Å²) in [5, 5.41) is 11.5. The summed E-state index contributed by atoms with van der Waals surface area (Å²) in [5.41, 5.74) is 0.884. The normalized spacial score (nSPS) is 13.7. The third-order valence-electron chi connectivity index (χ3n) is 4.83. The molecule has 0 atom stereocenters. The minimum Gasteiger partial charge on any atom is -0.490 e. The SMILES string of the molecule is CCOc1ccc(/C=C/C(=O)NCCc2nnc3n2CCCCC3)cc1OCC. The van der Waals surface area contributed by atoms with Crippen molar-refractivity contribution in [2.45, 2.75) is 52.5 Å². The van der Waals surface area contributed by atoms with Gasteiger partial charge in [0.15, 0.2) is 11.5 Å². The molecule has 7 heteroatoms. The second-order valence-electron chi connectivity index (χ2n) is 6.94. The van der Waals surface area contributed by atoms with E-state index in [1.54, 1.807) is 6.08 Å². The van der Waals surface area contributed by atoms with Crippen LogP contribution in [0.4, 0.5) is 0 Å². The van der Waals surface area contributed by atoms with Crippen LogP contribution in [0.1, 0.15) is 50.3 Å². The van der Waals surface area contributed by atoms with Crippen LogP contribution in [0.3, 0.4) is 0 Å². The van der Waals surface area contributed by atoms with Crippen molar-refractivity contribution in [3.63, 3.8) is 0 Å². The van der Waals surface area contributed by atoms with Crippen molar-refractivity contribution in [1.29, 1.82) is 0 Å². The van der Waals surface area contributed by atoms with E-state index in [4.69, 9.17) is 9.47 Å². The molecule has 1 N–H and O–H groups in total. The maximum Gasteiger partial charge on any atom is 0.244 e. The number of hydrogen-bond acceptors (Lipinski definition) is 5. The average molecular weight is 399 g/mol. The van der Waals surface area contributed by atoms with Gasteiger partial charge in [-0.2, -0.15) is 0 Å². The highest BCUT2D eigenvalue weighted by Crippen LogP contribution is 2.29. The number of aromatic nitrogens is 3. The molecule has 2 aromatic rings. The zero-order valence-electron chi connectivity index (χ0n) is 17.3. The Balaban J connectivity index is 1.52. The molecule has 0 spiro atoms.